The molecule has 0 aromatic heterocycles. The highest BCUT2D eigenvalue weighted by Gasteiger charge is 2.41. The second kappa shape index (κ2) is 6.92. The van der Waals surface area contributed by atoms with Gasteiger partial charge in [-0.05, 0) is 44.9 Å². The second-order valence-corrected chi connectivity index (χ2v) is 5.87. The summed E-state index contributed by atoms with van der Waals surface area (Å²) >= 11 is 0. The summed E-state index contributed by atoms with van der Waals surface area (Å²) in [5, 5.41) is 14.4. The Labute approximate surface area is 119 Å². The number of aliphatic carboxylic acids is 1. The fourth-order valence-electron chi connectivity index (χ4n) is 2.72. The largest absolute Gasteiger partial charge is 0.481 e. The third-order valence-electron chi connectivity index (χ3n) is 3.94. The first-order valence-corrected chi connectivity index (χ1v) is 7.46. The van der Waals surface area contributed by atoms with Crippen molar-refractivity contribution in [3.63, 3.8) is 0 Å². The summed E-state index contributed by atoms with van der Waals surface area (Å²) in [6.45, 7) is 2.62. The van der Waals surface area contributed by atoms with Gasteiger partial charge in [0, 0.05) is 19.1 Å². The SMILES string of the molecule is CC(CCCC(=O)O)NC(=O)NC1CCOC1C1CC1. The fourth-order valence-corrected chi connectivity index (χ4v) is 2.72. The van der Waals surface area contributed by atoms with E-state index in [9.17, 15) is 9.59 Å². The van der Waals surface area contributed by atoms with Crippen LogP contribution < -0.4 is 10.6 Å². The van der Waals surface area contributed by atoms with E-state index in [2.05, 4.69) is 10.6 Å². The number of carbonyl (C=O) groups is 2. The van der Waals surface area contributed by atoms with Gasteiger partial charge in [0.25, 0.3) is 0 Å². The zero-order valence-electron chi connectivity index (χ0n) is 11.9. The number of hydrogen-bond donors (Lipinski definition) is 3. The van der Waals surface area contributed by atoms with Crippen molar-refractivity contribution in [1.29, 1.82) is 0 Å². The third kappa shape index (κ3) is 4.67. The van der Waals surface area contributed by atoms with Crippen LogP contribution in [0, 0.1) is 5.92 Å². The maximum absolute atomic E-state index is 11.9. The lowest BCUT2D eigenvalue weighted by Gasteiger charge is -2.21. The number of carboxylic acid groups (broad SMARTS) is 1. The van der Waals surface area contributed by atoms with E-state index in [1.165, 1.54) is 12.8 Å². The van der Waals surface area contributed by atoms with Crippen molar-refractivity contribution in [3.05, 3.63) is 0 Å². The van der Waals surface area contributed by atoms with Crippen LogP contribution in [-0.2, 0) is 9.53 Å². The molecule has 1 aliphatic carbocycles. The molecule has 6 heteroatoms. The van der Waals surface area contributed by atoms with Crippen molar-refractivity contribution in [2.45, 2.75) is 63.6 Å². The Morgan fingerprint density at radius 1 is 1.35 bits per heavy atom. The van der Waals surface area contributed by atoms with Gasteiger partial charge in [0.2, 0.25) is 0 Å². The van der Waals surface area contributed by atoms with Crippen molar-refractivity contribution in [3.8, 4) is 0 Å². The smallest absolute Gasteiger partial charge is 0.315 e. The zero-order valence-corrected chi connectivity index (χ0v) is 11.9. The molecule has 2 amide bonds. The van der Waals surface area contributed by atoms with Crippen molar-refractivity contribution < 1.29 is 19.4 Å². The highest BCUT2D eigenvalue weighted by molar-refractivity contribution is 5.74. The number of ether oxygens (including phenoxy) is 1. The minimum atomic E-state index is -0.794. The zero-order chi connectivity index (χ0) is 14.5. The molecular weight excluding hydrogens is 260 g/mol. The Morgan fingerprint density at radius 2 is 2.10 bits per heavy atom. The summed E-state index contributed by atoms with van der Waals surface area (Å²) in [6.07, 6.45) is 4.87. The molecule has 1 saturated carbocycles. The van der Waals surface area contributed by atoms with E-state index in [0.717, 1.165) is 13.0 Å². The lowest BCUT2D eigenvalue weighted by atomic mass is 10.1. The predicted molar refractivity (Wildman–Crippen MR) is 73.5 cm³/mol. The van der Waals surface area contributed by atoms with Crippen molar-refractivity contribution in [2.75, 3.05) is 6.61 Å². The Balaban J connectivity index is 1.65. The van der Waals surface area contributed by atoms with E-state index >= 15 is 0 Å². The molecule has 3 N–H and O–H groups in total. The summed E-state index contributed by atoms with van der Waals surface area (Å²) in [5.41, 5.74) is 0. The number of rotatable bonds is 7. The van der Waals surface area contributed by atoms with E-state index < -0.39 is 5.97 Å². The summed E-state index contributed by atoms with van der Waals surface area (Å²) in [5.74, 6) is -0.173. The van der Waals surface area contributed by atoms with Crippen LogP contribution in [0.5, 0.6) is 0 Å². The van der Waals surface area contributed by atoms with Gasteiger partial charge >= 0.3 is 12.0 Å². The van der Waals surface area contributed by atoms with Crippen LogP contribution in [0.4, 0.5) is 4.79 Å². The summed E-state index contributed by atoms with van der Waals surface area (Å²) in [4.78, 5) is 22.3. The molecule has 20 heavy (non-hydrogen) atoms. The normalized spacial score (nSPS) is 27.1. The molecule has 2 fully saturated rings. The molecule has 3 unspecified atom stereocenters. The molecule has 0 spiro atoms. The molecule has 1 aliphatic heterocycles. The van der Waals surface area contributed by atoms with E-state index in [4.69, 9.17) is 9.84 Å². The van der Waals surface area contributed by atoms with E-state index in [1.54, 1.807) is 0 Å². The van der Waals surface area contributed by atoms with Crippen LogP contribution in [-0.4, -0.2) is 41.9 Å². The average Bonchev–Trinajstić information content (AvgIpc) is 3.10. The Bertz CT molecular complexity index is 357. The van der Waals surface area contributed by atoms with Crippen LogP contribution in [0.15, 0.2) is 0 Å². The molecule has 114 valence electrons. The molecule has 0 aromatic rings. The molecule has 6 nitrogen and oxygen atoms in total. The van der Waals surface area contributed by atoms with E-state index in [1.807, 2.05) is 6.92 Å². The molecule has 1 heterocycles. The monoisotopic (exact) mass is 284 g/mol. The van der Waals surface area contributed by atoms with Gasteiger partial charge in [0.05, 0.1) is 12.1 Å². The lowest BCUT2D eigenvalue weighted by Crippen LogP contribution is -2.48. The van der Waals surface area contributed by atoms with Crippen LogP contribution in [0.1, 0.15) is 45.4 Å². The number of carbonyl (C=O) groups excluding carboxylic acids is 1. The van der Waals surface area contributed by atoms with Crippen molar-refractivity contribution in [2.24, 2.45) is 5.92 Å². The van der Waals surface area contributed by atoms with Crippen LogP contribution in [0.2, 0.25) is 0 Å². The quantitative estimate of drug-likeness (QED) is 0.661. The summed E-state index contributed by atoms with van der Waals surface area (Å²) in [7, 11) is 0. The topological polar surface area (TPSA) is 87.7 Å². The lowest BCUT2D eigenvalue weighted by molar-refractivity contribution is -0.137. The molecular formula is C14H24N2O4. The highest BCUT2D eigenvalue weighted by atomic mass is 16.5. The molecule has 3 atom stereocenters. The van der Waals surface area contributed by atoms with E-state index in [-0.39, 0.29) is 30.6 Å². The van der Waals surface area contributed by atoms with Crippen molar-refractivity contribution in [1.82, 2.24) is 10.6 Å². The first-order chi connectivity index (χ1) is 9.56. The molecule has 0 aromatic carbocycles. The summed E-state index contributed by atoms with van der Waals surface area (Å²) < 4.78 is 5.68. The van der Waals surface area contributed by atoms with Gasteiger partial charge in [0.15, 0.2) is 0 Å². The Morgan fingerprint density at radius 3 is 2.75 bits per heavy atom. The maximum Gasteiger partial charge on any atom is 0.315 e. The number of urea groups is 1. The van der Waals surface area contributed by atoms with Gasteiger partial charge in [-0.15, -0.1) is 0 Å². The first-order valence-electron chi connectivity index (χ1n) is 7.46. The molecule has 0 bridgehead atoms. The van der Waals surface area contributed by atoms with Crippen LogP contribution in [0.25, 0.3) is 0 Å². The van der Waals surface area contributed by atoms with Gasteiger partial charge < -0.3 is 20.5 Å². The third-order valence-corrected chi connectivity index (χ3v) is 3.94. The minimum Gasteiger partial charge on any atom is -0.481 e. The maximum atomic E-state index is 11.9. The standard InChI is InChI=1S/C14H24N2O4/c1-9(3-2-4-12(17)18)15-14(19)16-11-7-8-20-13(11)10-5-6-10/h9-11,13H,2-8H2,1H3,(H,17,18)(H2,15,16,19). The second-order valence-electron chi connectivity index (χ2n) is 5.87. The van der Waals surface area contributed by atoms with E-state index in [0.29, 0.717) is 18.8 Å². The highest BCUT2D eigenvalue weighted by Crippen LogP contribution is 2.38. The Hall–Kier alpha value is -1.30. The molecule has 0 radical (unpaired) electrons. The molecule has 1 saturated heterocycles. The van der Waals surface area contributed by atoms with Gasteiger partial charge in [-0.2, -0.15) is 0 Å². The molecule has 2 rings (SSSR count). The van der Waals surface area contributed by atoms with Crippen molar-refractivity contribution >= 4 is 12.0 Å². The number of amides is 2. The van der Waals surface area contributed by atoms with Gasteiger partial charge in [0.1, 0.15) is 0 Å². The van der Waals surface area contributed by atoms with Crippen LogP contribution >= 0.6 is 0 Å². The first kappa shape index (κ1) is 15.1. The van der Waals surface area contributed by atoms with Gasteiger partial charge in [-0.3, -0.25) is 4.79 Å². The molecule has 2 aliphatic rings. The number of hydrogen-bond acceptors (Lipinski definition) is 3. The predicted octanol–water partition coefficient (Wildman–Crippen LogP) is 1.50. The average molecular weight is 284 g/mol. The van der Waals surface area contributed by atoms with Gasteiger partial charge in [-0.25, -0.2) is 4.79 Å². The fraction of sp³-hybridized carbons (Fsp3) is 0.857. The summed E-state index contributed by atoms with van der Waals surface area (Å²) in [6, 6.07) is -0.0706. The Kier molecular flexibility index (Phi) is 5.23. The minimum absolute atomic E-state index is 0.0175. The number of carboxylic acids is 1. The number of nitrogens with one attached hydrogen (secondary N) is 2. The van der Waals surface area contributed by atoms with Crippen LogP contribution in [0.3, 0.4) is 0 Å². The van der Waals surface area contributed by atoms with Gasteiger partial charge in [-0.1, -0.05) is 0 Å².